The van der Waals surface area contributed by atoms with Gasteiger partial charge in [-0.25, -0.2) is 0 Å². The molecule has 2 heteroatoms. The molecule has 0 saturated carbocycles. The summed E-state index contributed by atoms with van der Waals surface area (Å²) < 4.78 is 0. The summed E-state index contributed by atoms with van der Waals surface area (Å²) in [6.07, 6.45) is 3.92. The van der Waals surface area contributed by atoms with Crippen LogP contribution in [0.2, 0.25) is 0 Å². The Morgan fingerprint density at radius 2 is 1.13 bits per heavy atom. The lowest BCUT2D eigenvalue weighted by molar-refractivity contribution is 0.213. The Labute approximate surface area is 96.6 Å². The highest BCUT2D eigenvalue weighted by Crippen LogP contribution is 1.97. The van der Waals surface area contributed by atoms with Gasteiger partial charge >= 0.3 is 0 Å². The molecule has 0 atom stereocenters. The molecule has 0 fully saturated rings. The highest BCUT2D eigenvalue weighted by Gasteiger charge is 2.05. The second-order valence-electron chi connectivity index (χ2n) is 4.22. The summed E-state index contributed by atoms with van der Waals surface area (Å²) in [5.74, 6) is 0. The van der Waals surface area contributed by atoms with Crippen molar-refractivity contribution in [3.05, 3.63) is 0 Å². The fraction of sp³-hybridized carbons (Fsp3) is 1.00. The maximum absolute atomic E-state index is 2.57. The lowest BCUT2D eigenvalue weighted by Gasteiger charge is -2.25. The van der Waals surface area contributed by atoms with Gasteiger partial charge in [0, 0.05) is 13.1 Å². The highest BCUT2D eigenvalue weighted by molar-refractivity contribution is 4.61. The lowest BCUT2D eigenvalue weighted by atomic mass is 10.3. The summed E-state index contributed by atoms with van der Waals surface area (Å²) in [6.45, 7) is 16.5. The molecule has 0 rings (SSSR count). The fourth-order valence-electron chi connectivity index (χ4n) is 1.84. The normalized spacial score (nSPS) is 11.6. The molecular formula is C13H30N2. The van der Waals surface area contributed by atoms with Crippen molar-refractivity contribution in [1.29, 1.82) is 0 Å². The van der Waals surface area contributed by atoms with E-state index in [2.05, 4.69) is 37.5 Å². The summed E-state index contributed by atoms with van der Waals surface area (Å²) in [5, 5.41) is 0. The van der Waals surface area contributed by atoms with Crippen molar-refractivity contribution in [2.45, 2.75) is 47.0 Å². The summed E-state index contributed by atoms with van der Waals surface area (Å²) >= 11 is 0. The maximum Gasteiger partial charge on any atom is 0.0109 e. The monoisotopic (exact) mass is 214 g/mol. The first-order chi connectivity index (χ1) is 7.28. The average Bonchev–Trinajstić information content (AvgIpc) is 2.27. The predicted molar refractivity (Wildman–Crippen MR) is 69.4 cm³/mol. The molecule has 0 unspecified atom stereocenters. The zero-order valence-corrected chi connectivity index (χ0v) is 11.3. The van der Waals surface area contributed by atoms with E-state index >= 15 is 0 Å². The van der Waals surface area contributed by atoms with Crippen LogP contribution in [0.5, 0.6) is 0 Å². The molecule has 0 spiro atoms. The van der Waals surface area contributed by atoms with E-state index < -0.39 is 0 Å². The number of hydrogen-bond donors (Lipinski definition) is 0. The van der Waals surface area contributed by atoms with Crippen molar-refractivity contribution >= 4 is 0 Å². The Kier molecular flexibility index (Phi) is 10.4. The third-order valence-corrected chi connectivity index (χ3v) is 2.99. The second kappa shape index (κ2) is 10.4. The average molecular weight is 214 g/mol. The van der Waals surface area contributed by atoms with Crippen molar-refractivity contribution in [3.63, 3.8) is 0 Å². The van der Waals surface area contributed by atoms with Crippen LogP contribution < -0.4 is 0 Å². The van der Waals surface area contributed by atoms with Crippen LogP contribution in [0.4, 0.5) is 0 Å². The Morgan fingerprint density at radius 3 is 1.53 bits per heavy atom. The van der Waals surface area contributed by atoms with Gasteiger partial charge in [-0.3, -0.25) is 0 Å². The minimum absolute atomic E-state index is 1.19. The van der Waals surface area contributed by atoms with Gasteiger partial charge in [-0.2, -0.15) is 0 Å². The minimum Gasteiger partial charge on any atom is -0.302 e. The van der Waals surface area contributed by atoms with Gasteiger partial charge in [0.25, 0.3) is 0 Å². The molecule has 0 aliphatic heterocycles. The number of unbranched alkanes of at least 4 members (excludes halogenated alkanes) is 1. The van der Waals surface area contributed by atoms with Crippen LogP contribution in [0, 0.1) is 0 Å². The maximum atomic E-state index is 2.57. The SMILES string of the molecule is CCCCN(CC)CCN(CC)CCC. The first-order valence-electron chi connectivity index (χ1n) is 6.73. The van der Waals surface area contributed by atoms with E-state index in [4.69, 9.17) is 0 Å². The van der Waals surface area contributed by atoms with Crippen molar-refractivity contribution < 1.29 is 0 Å². The third-order valence-electron chi connectivity index (χ3n) is 2.99. The van der Waals surface area contributed by atoms with Crippen LogP contribution in [0.1, 0.15) is 47.0 Å². The van der Waals surface area contributed by atoms with Gasteiger partial charge in [0.15, 0.2) is 0 Å². The quantitative estimate of drug-likeness (QED) is 0.552. The van der Waals surface area contributed by atoms with Crippen LogP contribution in [0.3, 0.4) is 0 Å². The van der Waals surface area contributed by atoms with Crippen molar-refractivity contribution in [1.82, 2.24) is 9.80 Å². The smallest absolute Gasteiger partial charge is 0.0109 e. The van der Waals surface area contributed by atoms with Crippen LogP contribution in [-0.4, -0.2) is 49.1 Å². The highest BCUT2D eigenvalue weighted by atomic mass is 15.2. The van der Waals surface area contributed by atoms with Crippen LogP contribution in [-0.2, 0) is 0 Å². The molecule has 0 radical (unpaired) electrons. The third kappa shape index (κ3) is 7.80. The van der Waals surface area contributed by atoms with Crippen LogP contribution in [0.25, 0.3) is 0 Å². The molecule has 0 aromatic rings. The minimum atomic E-state index is 1.19. The Balaban J connectivity index is 3.66. The number of likely N-dealkylation sites (N-methyl/N-ethyl adjacent to an activating group) is 2. The first kappa shape index (κ1) is 14.9. The topological polar surface area (TPSA) is 6.48 Å². The predicted octanol–water partition coefficient (Wildman–Crippen LogP) is 2.84. The van der Waals surface area contributed by atoms with E-state index in [1.165, 1.54) is 58.5 Å². The van der Waals surface area contributed by atoms with Crippen molar-refractivity contribution in [2.75, 3.05) is 39.3 Å². The van der Waals surface area contributed by atoms with Gasteiger partial charge in [0.2, 0.25) is 0 Å². The molecule has 92 valence electrons. The number of hydrogen-bond acceptors (Lipinski definition) is 2. The van der Waals surface area contributed by atoms with Gasteiger partial charge in [0.05, 0.1) is 0 Å². The molecule has 0 aromatic heterocycles. The molecule has 15 heavy (non-hydrogen) atoms. The van der Waals surface area contributed by atoms with Gasteiger partial charge < -0.3 is 9.80 Å². The van der Waals surface area contributed by atoms with Crippen molar-refractivity contribution in [3.8, 4) is 0 Å². The molecule has 2 nitrogen and oxygen atoms in total. The molecular weight excluding hydrogens is 184 g/mol. The van der Waals surface area contributed by atoms with E-state index in [9.17, 15) is 0 Å². The van der Waals surface area contributed by atoms with Crippen molar-refractivity contribution in [2.24, 2.45) is 0 Å². The summed E-state index contributed by atoms with van der Waals surface area (Å²) in [6, 6.07) is 0. The molecule has 0 aliphatic rings. The molecule has 0 aromatic carbocycles. The molecule has 0 aliphatic carbocycles. The molecule has 0 N–H and O–H groups in total. The van der Waals surface area contributed by atoms with Gasteiger partial charge in [-0.15, -0.1) is 0 Å². The summed E-state index contributed by atoms with van der Waals surface area (Å²) in [7, 11) is 0. The van der Waals surface area contributed by atoms with E-state index in [1.807, 2.05) is 0 Å². The largest absolute Gasteiger partial charge is 0.302 e. The van der Waals surface area contributed by atoms with Gasteiger partial charge in [-0.05, 0) is 39.0 Å². The Bertz CT molecular complexity index is 126. The number of nitrogens with zero attached hydrogens (tertiary/aromatic N) is 2. The molecule has 0 saturated heterocycles. The Hall–Kier alpha value is -0.0800. The lowest BCUT2D eigenvalue weighted by Crippen LogP contribution is -2.36. The van der Waals surface area contributed by atoms with E-state index in [0.29, 0.717) is 0 Å². The zero-order valence-electron chi connectivity index (χ0n) is 11.3. The van der Waals surface area contributed by atoms with E-state index in [1.54, 1.807) is 0 Å². The van der Waals surface area contributed by atoms with Gasteiger partial charge in [-0.1, -0.05) is 34.1 Å². The van der Waals surface area contributed by atoms with E-state index in [-0.39, 0.29) is 0 Å². The zero-order chi connectivity index (χ0) is 11.5. The summed E-state index contributed by atoms with van der Waals surface area (Å²) in [4.78, 5) is 5.12. The first-order valence-corrected chi connectivity index (χ1v) is 6.73. The van der Waals surface area contributed by atoms with Crippen LogP contribution in [0.15, 0.2) is 0 Å². The Morgan fingerprint density at radius 1 is 0.600 bits per heavy atom. The molecule has 0 amide bonds. The van der Waals surface area contributed by atoms with Crippen LogP contribution >= 0.6 is 0 Å². The van der Waals surface area contributed by atoms with E-state index in [0.717, 1.165) is 0 Å². The number of rotatable bonds is 10. The van der Waals surface area contributed by atoms with Gasteiger partial charge in [0.1, 0.15) is 0 Å². The molecule has 0 bridgehead atoms. The summed E-state index contributed by atoms with van der Waals surface area (Å²) in [5.41, 5.74) is 0. The standard InChI is InChI=1S/C13H30N2/c1-5-9-11-15(8-4)13-12-14(7-3)10-6-2/h5-13H2,1-4H3. The fourth-order valence-corrected chi connectivity index (χ4v) is 1.84. The molecule has 0 heterocycles. The second-order valence-corrected chi connectivity index (χ2v) is 4.22.